The second kappa shape index (κ2) is 14.5. The van der Waals surface area contributed by atoms with E-state index in [-0.39, 0.29) is 11.7 Å². The number of rotatable bonds is 9. The van der Waals surface area contributed by atoms with Crippen molar-refractivity contribution in [3.63, 3.8) is 0 Å². The molecule has 1 atom stereocenters. The van der Waals surface area contributed by atoms with Gasteiger partial charge in [-0.2, -0.15) is 13.2 Å². The van der Waals surface area contributed by atoms with Crippen LogP contribution in [0.3, 0.4) is 0 Å². The molecule has 1 aromatic heterocycles. The van der Waals surface area contributed by atoms with Crippen LogP contribution in [-0.4, -0.2) is 22.0 Å². The Morgan fingerprint density at radius 2 is 1.84 bits per heavy atom. The van der Waals surface area contributed by atoms with E-state index in [1.165, 1.54) is 16.6 Å². The van der Waals surface area contributed by atoms with Crippen LogP contribution in [0.5, 0.6) is 5.75 Å². The number of aryl methyl sites for hydroxylation is 1. The molecule has 0 saturated carbocycles. The number of H-pyrrole nitrogens is 1. The third kappa shape index (κ3) is 8.95. The molecule has 0 amide bonds. The number of allylic oxidation sites excluding steroid dienone is 2. The minimum atomic E-state index is -4.36. The Morgan fingerprint density at radius 1 is 1.13 bits per heavy atom. The second-order valence-electron chi connectivity index (χ2n) is 9.20. The minimum absolute atomic E-state index is 0.121. The number of phenolic OH excluding ortho intramolecular Hbond substituents is 1. The number of nitrogens with one attached hydrogen (secondary N) is 1. The number of aromatic nitrogens is 1. The monoisotopic (exact) mass is 566 g/mol. The highest BCUT2D eigenvalue weighted by Gasteiger charge is 2.29. The predicted octanol–water partition coefficient (Wildman–Crippen LogP) is 10.6. The number of aromatic hydroxyl groups is 1. The molecule has 0 spiro atoms. The van der Waals surface area contributed by atoms with Crippen molar-refractivity contribution < 1.29 is 18.3 Å². The van der Waals surface area contributed by atoms with Gasteiger partial charge in [-0.1, -0.05) is 69.5 Å². The molecule has 8 heteroatoms. The Balaban J connectivity index is 0.000000312. The van der Waals surface area contributed by atoms with Gasteiger partial charge in [0.2, 0.25) is 0 Å². The molecule has 0 bridgehead atoms. The van der Waals surface area contributed by atoms with E-state index < -0.39 is 11.7 Å². The number of aliphatic imine (C=N–C) groups is 1. The first-order valence-corrected chi connectivity index (χ1v) is 13.4. The molecule has 1 heterocycles. The fourth-order valence-corrected chi connectivity index (χ4v) is 4.26. The summed E-state index contributed by atoms with van der Waals surface area (Å²) in [5, 5.41) is 12.2. The third-order valence-electron chi connectivity index (χ3n) is 6.13. The summed E-state index contributed by atoms with van der Waals surface area (Å²) in [6, 6.07) is 11.4. The van der Waals surface area contributed by atoms with Gasteiger partial charge in [0.1, 0.15) is 5.75 Å². The van der Waals surface area contributed by atoms with Gasteiger partial charge in [-0.05, 0) is 73.7 Å². The molecular weight excluding hydrogens is 532 g/mol. The number of hydrogen-bond acceptors (Lipinski definition) is 2. The molecule has 2 aromatic carbocycles. The molecule has 1 unspecified atom stereocenters. The average Bonchev–Trinajstić information content (AvgIpc) is 3.21. The number of phenols is 1. The van der Waals surface area contributed by atoms with Crippen LogP contribution in [0.15, 0.2) is 65.8 Å². The molecule has 2 N–H and O–H groups in total. The van der Waals surface area contributed by atoms with Crippen LogP contribution < -0.4 is 0 Å². The van der Waals surface area contributed by atoms with E-state index in [0.29, 0.717) is 5.02 Å². The zero-order chi connectivity index (χ0) is 28.5. The highest BCUT2D eigenvalue weighted by Crippen LogP contribution is 2.36. The molecule has 206 valence electrons. The van der Waals surface area contributed by atoms with Crippen LogP contribution in [0, 0.1) is 0 Å². The number of benzene rings is 2. The maximum Gasteiger partial charge on any atom is 0.415 e. The molecule has 0 aliphatic heterocycles. The summed E-state index contributed by atoms with van der Waals surface area (Å²) >= 11 is 12.1. The van der Waals surface area contributed by atoms with Crippen LogP contribution >= 0.6 is 23.2 Å². The van der Waals surface area contributed by atoms with E-state index in [1.54, 1.807) is 19.1 Å². The number of halogens is 5. The lowest BCUT2D eigenvalue weighted by Crippen LogP contribution is -2.08. The van der Waals surface area contributed by atoms with Gasteiger partial charge in [0, 0.05) is 45.0 Å². The Kier molecular flexibility index (Phi) is 12.0. The summed E-state index contributed by atoms with van der Waals surface area (Å²) in [5.41, 5.74) is 4.57. The summed E-state index contributed by atoms with van der Waals surface area (Å²) in [5.74, 6) is 0.251. The van der Waals surface area contributed by atoms with Gasteiger partial charge in [-0.3, -0.25) is 4.99 Å². The second-order valence-corrected chi connectivity index (χ2v) is 10.0. The van der Waals surface area contributed by atoms with Crippen molar-refractivity contribution in [3.05, 3.63) is 87.7 Å². The van der Waals surface area contributed by atoms with E-state index in [9.17, 15) is 18.3 Å². The molecule has 38 heavy (non-hydrogen) atoms. The Morgan fingerprint density at radius 3 is 2.45 bits per heavy atom. The van der Waals surface area contributed by atoms with Gasteiger partial charge in [0.15, 0.2) is 0 Å². The molecule has 0 aliphatic rings. The van der Waals surface area contributed by atoms with Gasteiger partial charge in [0.25, 0.3) is 0 Å². The Labute approximate surface area is 233 Å². The first-order chi connectivity index (χ1) is 17.9. The van der Waals surface area contributed by atoms with Crippen molar-refractivity contribution in [3.8, 4) is 5.75 Å². The Hall–Kier alpha value is -2.70. The molecule has 0 aliphatic carbocycles. The maximum atomic E-state index is 11.9. The van der Waals surface area contributed by atoms with Crippen LogP contribution in [-0.2, 0) is 6.42 Å². The molecule has 0 saturated heterocycles. The molecular formula is C30H35Cl2F3N2O. The van der Waals surface area contributed by atoms with Crippen LogP contribution in [0.25, 0.3) is 10.9 Å². The SMILES string of the molecule is C=C(/C=C\N=C(C)CCC)C(F)(F)F.CCCCc1c(C(C)c2ccc(Cl)c(O)c2)[nH]c2ccc(Cl)cc12. The van der Waals surface area contributed by atoms with Crippen molar-refractivity contribution in [2.24, 2.45) is 4.99 Å². The van der Waals surface area contributed by atoms with Gasteiger partial charge in [0.05, 0.1) is 5.02 Å². The summed E-state index contributed by atoms with van der Waals surface area (Å²) in [4.78, 5) is 7.40. The van der Waals surface area contributed by atoms with Crippen molar-refractivity contribution in [1.82, 2.24) is 4.98 Å². The number of fused-ring (bicyclic) bond motifs is 1. The van der Waals surface area contributed by atoms with Crippen molar-refractivity contribution in [1.29, 1.82) is 0 Å². The van der Waals surface area contributed by atoms with Gasteiger partial charge < -0.3 is 10.1 Å². The molecule has 0 fully saturated rings. The number of alkyl halides is 3. The summed E-state index contributed by atoms with van der Waals surface area (Å²) in [6.07, 6.45) is 2.67. The number of nitrogens with zero attached hydrogens (tertiary/aromatic N) is 1. The highest BCUT2D eigenvalue weighted by molar-refractivity contribution is 6.32. The fourth-order valence-electron chi connectivity index (χ4n) is 3.97. The predicted molar refractivity (Wildman–Crippen MR) is 155 cm³/mol. The lowest BCUT2D eigenvalue weighted by atomic mass is 9.92. The fraction of sp³-hybridized carbons (Fsp3) is 0.367. The Bertz CT molecular complexity index is 1290. The summed E-state index contributed by atoms with van der Waals surface area (Å²) < 4.78 is 35.8. The zero-order valence-electron chi connectivity index (χ0n) is 22.2. The van der Waals surface area contributed by atoms with Crippen LogP contribution in [0.2, 0.25) is 10.0 Å². The standard InChI is InChI=1S/C20H21Cl2NO.C10H14F3N/c1-3-4-5-15-16-11-14(21)7-9-18(16)23-20(15)12(2)13-6-8-17(22)19(24)10-13;1-4-5-9(3)14-7-6-8(2)10(11,12)13/h6-12,23-24H,3-5H2,1-2H3;6-7H,2,4-5H2,1,3H3/b;7-6-,14-9?. The van der Waals surface area contributed by atoms with E-state index >= 15 is 0 Å². The maximum absolute atomic E-state index is 11.9. The normalized spacial score (nSPS) is 13.0. The van der Waals surface area contributed by atoms with Gasteiger partial charge in [-0.25, -0.2) is 0 Å². The topological polar surface area (TPSA) is 48.4 Å². The van der Waals surface area contributed by atoms with E-state index in [2.05, 4.69) is 30.4 Å². The first-order valence-electron chi connectivity index (χ1n) is 12.6. The minimum Gasteiger partial charge on any atom is -0.506 e. The summed E-state index contributed by atoms with van der Waals surface area (Å²) in [6.45, 7) is 11.0. The first kappa shape index (κ1) is 31.5. The molecule has 3 rings (SSSR count). The van der Waals surface area contributed by atoms with E-state index in [1.807, 2.05) is 31.2 Å². The number of aromatic amines is 1. The number of hydrogen-bond donors (Lipinski definition) is 2. The molecule has 0 radical (unpaired) electrons. The largest absolute Gasteiger partial charge is 0.506 e. The number of unbranched alkanes of at least 4 members (excludes halogenated alkanes) is 1. The van der Waals surface area contributed by atoms with E-state index in [0.717, 1.165) is 66.2 Å². The van der Waals surface area contributed by atoms with Crippen molar-refractivity contribution in [2.75, 3.05) is 0 Å². The zero-order valence-corrected chi connectivity index (χ0v) is 23.7. The van der Waals surface area contributed by atoms with Crippen LogP contribution in [0.1, 0.15) is 76.1 Å². The quantitative estimate of drug-likeness (QED) is 0.196. The third-order valence-corrected chi connectivity index (χ3v) is 6.69. The lowest BCUT2D eigenvalue weighted by Gasteiger charge is -2.14. The smallest absolute Gasteiger partial charge is 0.415 e. The van der Waals surface area contributed by atoms with Crippen molar-refractivity contribution in [2.45, 2.75) is 71.9 Å². The average molecular weight is 568 g/mol. The van der Waals surface area contributed by atoms with Crippen molar-refractivity contribution >= 4 is 39.8 Å². The molecule has 3 aromatic rings. The van der Waals surface area contributed by atoms with E-state index in [4.69, 9.17) is 23.2 Å². The highest BCUT2D eigenvalue weighted by atomic mass is 35.5. The van der Waals surface area contributed by atoms with Crippen LogP contribution in [0.4, 0.5) is 13.2 Å². The van der Waals surface area contributed by atoms with Gasteiger partial charge in [-0.15, -0.1) is 0 Å². The summed E-state index contributed by atoms with van der Waals surface area (Å²) in [7, 11) is 0. The molecule has 3 nitrogen and oxygen atoms in total. The van der Waals surface area contributed by atoms with Gasteiger partial charge >= 0.3 is 6.18 Å². The lowest BCUT2D eigenvalue weighted by molar-refractivity contribution is -0.0878.